The van der Waals surface area contributed by atoms with Crippen molar-refractivity contribution in [3.05, 3.63) is 29.3 Å². The second-order valence-electron chi connectivity index (χ2n) is 6.35. The van der Waals surface area contributed by atoms with Crippen LogP contribution in [0.4, 0.5) is 4.79 Å². The first-order valence-corrected chi connectivity index (χ1v) is 8.40. The number of rotatable bonds is 5. The number of carboxylic acids is 1. The number of halogens is 1. The Morgan fingerprint density at radius 1 is 1.38 bits per heavy atom. The zero-order chi connectivity index (χ0) is 17.7. The second-order valence-corrected chi connectivity index (χ2v) is 6.79. The quantitative estimate of drug-likeness (QED) is 0.852. The second kappa shape index (κ2) is 8.24. The van der Waals surface area contributed by atoms with Crippen LogP contribution in [0.3, 0.4) is 0 Å². The third kappa shape index (κ3) is 5.30. The fourth-order valence-electron chi connectivity index (χ4n) is 2.83. The number of carbonyl (C=O) groups excluding carboxylic acids is 1. The number of likely N-dealkylation sites (tertiary alicyclic amines) is 1. The minimum Gasteiger partial charge on any atom is -0.489 e. The lowest BCUT2D eigenvalue weighted by atomic mass is 9.91. The molecule has 0 aromatic heterocycles. The first-order valence-electron chi connectivity index (χ1n) is 8.03. The molecule has 2 unspecified atom stereocenters. The fraction of sp³-hybridized carbons (Fsp3) is 0.529. The van der Waals surface area contributed by atoms with Crippen molar-refractivity contribution >= 4 is 23.6 Å². The lowest BCUT2D eigenvalue weighted by molar-refractivity contribution is -0.143. The fourth-order valence-corrected chi connectivity index (χ4v) is 2.95. The van der Waals surface area contributed by atoms with Crippen LogP contribution in [0.2, 0.25) is 5.02 Å². The van der Waals surface area contributed by atoms with Crippen molar-refractivity contribution in [3.63, 3.8) is 0 Å². The van der Waals surface area contributed by atoms with E-state index in [1.807, 2.05) is 13.8 Å². The molecule has 0 spiro atoms. The van der Waals surface area contributed by atoms with Gasteiger partial charge in [0.1, 0.15) is 11.9 Å². The number of ether oxygens (including phenoxy) is 1. The molecule has 1 aromatic rings. The van der Waals surface area contributed by atoms with E-state index < -0.39 is 11.9 Å². The Bertz CT molecular complexity index is 578. The summed E-state index contributed by atoms with van der Waals surface area (Å²) in [6.45, 7) is 4.97. The number of aliphatic carboxylic acids is 1. The summed E-state index contributed by atoms with van der Waals surface area (Å²) in [5.41, 5.74) is 0. The number of nitrogens with zero attached hydrogens (tertiary/aromatic N) is 1. The van der Waals surface area contributed by atoms with Gasteiger partial charge < -0.3 is 20.1 Å². The molecule has 0 radical (unpaired) electrons. The molecule has 2 rings (SSSR count). The summed E-state index contributed by atoms with van der Waals surface area (Å²) in [5, 5.41) is 12.6. The lowest BCUT2D eigenvalue weighted by Gasteiger charge is -2.34. The molecule has 132 valence electrons. The van der Waals surface area contributed by atoms with Crippen LogP contribution in [0.25, 0.3) is 0 Å². The summed E-state index contributed by atoms with van der Waals surface area (Å²) < 4.78 is 5.70. The van der Waals surface area contributed by atoms with Crippen molar-refractivity contribution in [2.75, 3.05) is 19.6 Å². The Kier molecular flexibility index (Phi) is 6.31. The molecule has 1 fully saturated rings. The third-order valence-electron chi connectivity index (χ3n) is 3.99. The summed E-state index contributed by atoms with van der Waals surface area (Å²) in [7, 11) is 0. The molecule has 1 saturated heterocycles. The molecule has 6 nitrogen and oxygen atoms in total. The number of carbonyl (C=O) groups is 2. The molecule has 2 N–H and O–H groups in total. The SMILES string of the molecule is CC1CC(C(=O)O)CN(C(=O)NC[C@H](C)Oc2ccc(Cl)cc2)C1. The number of piperidine rings is 1. The normalized spacial score (nSPS) is 21.9. The van der Waals surface area contributed by atoms with Gasteiger partial charge in [-0.05, 0) is 43.5 Å². The molecule has 1 heterocycles. The molecular weight excluding hydrogens is 332 g/mol. The van der Waals surface area contributed by atoms with E-state index in [-0.39, 0.29) is 24.6 Å². The standard InChI is InChI=1S/C17H23ClN2O4/c1-11-7-13(16(21)22)10-20(9-11)17(23)19-8-12(2)24-15-5-3-14(18)4-6-15/h3-6,11-13H,7-10H2,1-2H3,(H,19,23)(H,21,22)/t11?,12-,13?/m0/s1. The van der Waals surface area contributed by atoms with Gasteiger partial charge in [0, 0.05) is 18.1 Å². The summed E-state index contributed by atoms with van der Waals surface area (Å²) in [6.07, 6.45) is 0.391. The van der Waals surface area contributed by atoms with E-state index in [0.29, 0.717) is 30.3 Å². The largest absolute Gasteiger partial charge is 0.489 e. The van der Waals surface area contributed by atoms with Crippen LogP contribution in [0.15, 0.2) is 24.3 Å². The minimum absolute atomic E-state index is 0.174. The molecule has 0 aliphatic carbocycles. The van der Waals surface area contributed by atoms with Crippen LogP contribution in [-0.2, 0) is 4.79 Å². The van der Waals surface area contributed by atoms with Crippen LogP contribution in [0, 0.1) is 11.8 Å². The molecule has 0 saturated carbocycles. The summed E-state index contributed by atoms with van der Waals surface area (Å²) in [5.74, 6) is -0.493. The first-order chi connectivity index (χ1) is 11.3. The van der Waals surface area contributed by atoms with Gasteiger partial charge in [0.05, 0.1) is 12.5 Å². The average molecular weight is 355 g/mol. The molecule has 3 atom stereocenters. The van der Waals surface area contributed by atoms with E-state index in [2.05, 4.69) is 5.32 Å². The summed E-state index contributed by atoms with van der Waals surface area (Å²) in [4.78, 5) is 25.0. The Hall–Kier alpha value is -1.95. The Balaban J connectivity index is 1.81. The molecule has 2 amide bonds. The number of urea groups is 1. The number of carboxylic acid groups (broad SMARTS) is 1. The number of hydrogen-bond donors (Lipinski definition) is 2. The molecule has 7 heteroatoms. The summed E-state index contributed by atoms with van der Waals surface area (Å²) >= 11 is 5.82. The lowest BCUT2D eigenvalue weighted by Crippen LogP contribution is -2.50. The monoisotopic (exact) mass is 354 g/mol. The molecule has 1 aliphatic rings. The molecular formula is C17H23ClN2O4. The number of hydrogen-bond acceptors (Lipinski definition) is 3. The maximum Gasteiger partial charge on any atom is 0.317 e. The van der Waals surface area contributed by atoms with Gasteiger partial charge in [0.2, 0.25) is 0 Å². The highest BCUT2D eigenvalue weighted by molar-refractivity contribution is 6.30. The van der Waals surface area contributed by atoms with E-state index in [4.69, 9.17) is 21.4 Å². The number of amides is 2. The minimum atomic E-state index is -0.848. The maximum atomic E-state index is 12.3. The van der Waals surface area contributed by atoms with E-state index in [9.17, 15) is 9.59 Å². The van der Waals surface area contributed by atoms with Gasteiger partial charge >= 0.3 is 12.0 Å². The zero-order valence-electron chi connectivity index (χ0n) is 13.9. The van der Waals surface area contributed by atoms with Crippen molar-refractivity contribution in [2.24, 2.45) is 11.8 Å². The topological polar surface area (TPSA) is 78.9 Å². The third-order valence-corrected chi connectivity index (χ3v) is 4.24. The van der Waals surface area contributed by atoms with Gasteiger partial charge in [0.15, 0.2) is 0 Å². The maximum absolute atomic E-state index is 12.3. The predicted molar refractivity (Wildman–Crippen MR) is 91.4 cm³/mol. The van der Waals surface area contributed by atoms with Crippen LogP contribution >= 0.6 is 11.6 Å². The van der Waals surface area contributed by atoms with Gasteiger partial charge in [-0.3, -0.25) is 4.79 Å². The average Bonchev–Trinajstić information content (AvgIpc) is 2.54. The van der Waals surface area contributed by atoms with Crippen LogP contribution < -0.4 is 10.1 Å². The van der Waals surface area contributed by atoms with E-state index in [1.54, 1.807) is 29.2 Å². The van der Waals surface area contributed by atoms with Crippen molar-refractivity contribution in [2.45, 2.75) is 26.4 Å². The smallest absolute Gasteiger partial charge is 0.317 e. The van der Waals surface area contributed by atoms with Crippen molar-refractivity contribution in [1.29, 1.82) is 0 Å². The van der Waals surface area contributed by atoms with Crippen molar-refractivity contribution in [3.8, 4) is 5.75 Å². The Labute approximate surface area is 146 Å². The van der Waals surface area contributed by atoms with Gasteiger partial charge in [-0.25, -0.2) is 4.79 Å². The Morgan fingerprint density at radius 3 is 2.67 bits per heavy atom. The number of benzene rings is 1. The number of nitrogens with one attached hydrogen (secondary N) is 1. The van der Waals surface area contributed by atoms with Crippen LogP contribution in [0.5, 0.6) is 5.75 Å². The van der Waals surface area contributed by atoms with Gasteiger partial charge in [-0.15, -0.1) is 0 Å². The highest BCUT2D eigenvalue weighted by Crippen LogP contribution is 2.22. The van der Waals surface area contributed by atoms with Gasteiger partial charge in [-0.2, -0.15) is 0 Å². The van der Waals surface area contributed by atoms with Crippen LogP contribution in [0.1, 0.15) is 20.3 Å². The summed E-state index contributed by atoms with van der Waals surface area (Å²) in [6, 6.07) is 6.76. The van der Waals surface area contributed by atoms with Gasteiger partial charge in [0.25, 0.3) is 0 Å². The van der Waals surface area contributed by atoms with Crippen LogP contribution in [-0.4, -0.2) is 47.7 Å². The molecule has 24 heavy (non-hydrogen) atoms. The van der Waals surface area contributed by atoms with E-state index in [0.717, 1.165) is 0 Å². The van der Waals surface area contributed by atoms with Gasteiger partial charge in [-0.1, -0.05) is 18.5 Å². The first kappa shape index (κ1) is 18.4. The van der Waals surface area contributed by atoms with E-state index >= 15 is 0 Å². The van der Waals surface area contributed by atoms with E-state index in [1.165, 1.54) is 0 Å². The highest BCUT2D eigenvalue weighted by Gasteiger charge is 2.31. The zero-order valence-corrected chi connectivity index (χ0v) is 14.6. The Morgan fingerprint density at radius 2 is 2.04 bits per heavy atom. The molecule has 1 aliphatic heterocycles. The molecule has 1 aromatic carbocycles. The highest BCUT2D eigenvalue weighted by atomic mass is 35.5. The molecule has 0 bridgehead atoms. The van der Waals surface area contributed by atoms with Crippen molar-refractivity contribution in [1.82, 2.24) is 10.2 Å². The predicted octanol–water partition coefficient (Wildman–Crippen LogP) is 2.86. The van der Waals surface area contributed by atoms with Crippen molar-refractivity contribution < 1.29 is 19.4 Å².